The molecule has 2 heteroatoms. The normalized spacial score (nSPS) is 46.4. The minimum atomic E-state index is 0.408. The first-order valence-corrected chi connectivity index (χ1v) is 11.0. The summed E-state index contributed by atoms with van der Waals surface area (Å²) in [7, 11) is 0. The quantitative estimate of drug-likeness (QED) is 0.647. The Hall–Kier alpha value is -0.110. The summed E-state index contributed by atoms with van der Waals surface area (Å²) in [5.74, 6) is 2.73. The Labute approximate surface area is 147 Å². The largest absolute Gasteiger partial charge is 0.402 e. The molecule has 4 aliphatic rings. The Kier molecular flexibility index (Phi) is 4.06. The van der Waals surface area contributed by atoms with Gasteiger partial charge < -0.3 is 5.73 Å². The summed E-state index contributed by atoms with van der Waals surface area (Å²) in [6, 6.07) is 0. The maximum absolute atomic E-state index is 6.68. The van der Waals surface area contributed by atoms with Crippen LogP contribution < -0.4 is 5.73 Å². The van der Waals surface area contributed by atoms with E-state index >= 15 is 0 Å². The van der Waals surface area contributed by atoms with Gasteiger partial charge in [0.1, 0.15) is 0 Å². The molecule has 130 valence electrons. The van der Waals surface area contributed by atoms with Gasteiger partial charge in [0.05, 0.1) is 0 Å². The second kappa shape index (κ2) is 5.71. The van der Waals surface area contributed by atoms with Gasteiger partial charge in [-0.05, 0) is 74.2 Å². The van der Waals surface area contributed by atoms with Crippen LogP contribution in [0.4, 0.5) is 0 Å². The third-order valence-corrected chi connectivity index (χ3v) is 10.2. The summed E-state index contributed by atoms with van der Waals surface area (Å²) >= 11 is 2.36. The van der Waals surface area contributed by atoms with Crippen molar-refractivity contribution in [1.82, 2.24) is 0 Å². The molecular weight excluding hydrogens is 298 g/mol. The Bertz CT molecular complexity index is 504. The summed E-state index contributed by atoms with van der Waals surface area (Å²) in [6.45, 7) is 7.66. The molecule has 3 aliphatic carbocycles. The van der Waals surface area contributed by atoms with Gasteiger partial charge in [0.15, 0.2) is 0 Å². The lowest BCUT2D eigenvalue weighted by molar-refractivity contribution is 0.155. The summed E-state index contributed by atoms with van der Waals surface area (Å²) < 4.78 is 0.508. The lowest BCUT2D eigenvalue weighted by Crippen LogP contribution is -2.41. The highest BCUT2D eigenvalue weighted by atomic mass is 32.2. The van der Waals surface area contributed by atoms with Crippen LogP contribution in [-0.4, -0.2) is 10.00 Å². The number of allylic oxidation sites excluding steroid dienone is 1. The molecule has 1 aliphatic heterocycles. The van der Waals surface area contributed by atoms with Gasteiger partial charge in [0, 0.05) is 15.7 Å². The van der Waals surface area contributed by atoms with E-state index in [1.165, 1.54) is 69.9 Å². The van der Waals surface area contributed by atoms with Gasteiger partial charge in [0.2, 0.25) is 0 Å². The van der Waals surface area contributed by atoms with Crippen molar-refractivity contribution in [2.24, 2.45) is 28.9 Å². The van der Waals surface area contributed by atoms with Crippen molar-refractivity contribution in [1.29, 1.82) is 0 Å². The number of hydrogen-bond donors (Lipinski definition) is 1. The third kappa shape index (κ3) is 2.41. The van der Waals surface area contributed by atoms with Crippen LogP contribution in [0.2, 0.25) is 0 Å². The molecule has 1 heterocycles. The van der Waals surface area contributed by atoms with E-state index in [4.69, 9.17) is 5.73 Å². The smallest absolute Gasteiger partial charge is 0.0319 e. The molecule has 4 rings (SSSR count). The van der Waals surface area contributed by atoms with Crippen LogP contribution in [0.15, 0.2) is 11.3 Å². The van der Waals surface area contributed by atoms with Crippen LogP contribution >= 0.6 is 11.8 Å². The second-order valence-corrected chi connectivity index (χ2v) is 11.0. The molecule has 2 saturated carbocycles. The highest BCUT2D eigenvalue weighted by Gasteiger charge is 2.58. The first-order chi connectivity index (χ1) is 11.0. The molecule has 1 saturated heterocycles. The van der Waals surface area contributed by atoms with Gasteiger partial charge in [-0.15, -0.1) is 11.8 Å². The molecule has 5 unspecified atom stereocenters. The molecule has 0 amide bonds. The highest BCUT2D eigenvalue weighted by molar-refractivity contribution is 8.01. The predicted octanol–water partition coefficient (Wildman–Crippen LogP) is 5.89. The molecule has 0 radical (unpaired) electrons. The van der Waals surface area contributed by atoms with E-state index in [1.807, 2.05) is 0 Å². The highest BCUT2D eigenvalue weighted by Crippen LogP contribution is 2.65. The average molecular weight is 334 g/mol. The van der Waals surface area contributed by atoms with Gasteiger partial charge in [-0.1, -0.05) is 39.5 Å². The molecule has 0 aromatic carbocycles. The van der Waals surface area contributed by atoms with Gasteiger partial charge in [-0.3, -0.25) is 0 Å². The van der Waals surface area contributed by atoms with E-state index in [0.717, 1.165) is 23.0 Å². The van der Waals surface area contributed by atoms with Crippen molar-refractivity contribution < 1.29 is 0 Å². The van der Waals surface area contributed by atoms with E-state index in [1.54, 1.807) is 5.57 Å². The molecule has 0 aromatic rings. The lowest BCUT2D eigenvalue weighted by Gasteiger charge is -2.44. The van der Waals surface area contributed by atoms with Crippen molar-refractivity contribution in [3.63, 3.8) is 0 Å². The fraction of sp³-hybridized carbons (Fsp3) is 0.905. The predicted molar refractivity (Wildman–Crippen MR) is 101 cm³/mol. The van der Waals surface area contributed by atoms with Crippen molar-refractivity contribution in [3.8, 4) is 0 Å². The molecule has 23 heavy (non-hydrogen) atoms. The minimum absolute atomic E-state index is 0.408. The van der Waals surface area contributed by atoms with Crippen molar-refractivity contribution in [2.75, 3.05) is 0 Å². The van der Waals surface area contributed by atoms with Crippen LogP contribution in [-0.2, 0) is 0 Å². The van der Waals surface area contributed by atoms with E-state index in [-0.39, 0.29) is 0 Å². The summed E-state index contributed by atoms with van der Waals surface area (Å²) in [5, 5.41) is 0.738. The third-order valence-electron chi connectivity index (χ3n) is 8.14. The number of fused-ring (bicyclic) bond motifs is 3. The van der Waals surface area contributed by atoms with Gasteiger partial charge in [-0.25, -0.2) is 0 Å². The van der Waals surface area contributed by atoms with Gasteiger partial charge in [0.25, 0.3) is 0 Å². The Morgan fingerprint density at radius 1 is 1.00 bits per heavy atom. The maximum atomic E-state index is 6.68. The summed E-state index contributed by atoms with van der Waals surface area (Å²) in [4.78, 5) is 0. The Morgan fingerprint density at radius 3 is 2.48 bits per heavy atom. The van der Waals surface area contributed by atoms with Crippen LogP contribution in [0.25, 0.3) is 0 Å². The summed E-state index contributed by atoms with van der Waals surface area (Å²) in [6.07, 6.45) is 13.9. The zero-order valence-corrected chi connectivity index (χ0v) is 16.2. The SMILES string of the molecule is CC1CCCC2C3CCC(N)=C(C4(C)CCCCC4)C3SC12C. The van der Waals surface area contributed by atoms with Crippen LogP contribution in [0.3, 0.4) is 0 Å². The topological polar surface area (TPSA) is 26.0 Å². The Balaban J connectivity index is 1.70. The fourth-order valence-electron chi connectivity index (χ4n) is 6.59. The van der Waals surface area contributed by atoms with Gasteiger partial charge >= 0.3 is 0 Å². The van der Waals surface area contributed by atoms with E-state index in [9.17, 15) is 0 Å². The lowest BCUT2D eigenvalue weighted by atomic mass is 9.60. The number of nitrogens with two attached hydrogens (primary N) is 1. The second-order valence-electron chi connectivity index (χ2n) is 9.42. The molecule has 0 spiro atoms. The molecule has 2 N–H and O–H groups in total. The number of thioether (sulfide) groups is 1. The van der Waals surface area contributed by atoms with E-state index < -0.39 is 0 Å². The van der Waals surface area contributed by atoms with E-state index in [2.05, 4.69) is 32.5 Å². The number of hydrogen-bond acceptors (Lipinski definition) is 2. The van der Waals surface area contributed by atoms with Crippen LogP contribution in [0.5, 0.6) is 0 Å². The summed E-state index contributed by atoms with van der Waals surface area (Å²) in [5.41, 5.74) is 10.1. The maximum Gasteiger partial charge on any atom is 0.0319 e. The average Bonchev–Trinajstić information content (AvgIpc) is 2.81. The van der Waals surface area contributed by atoms with Crippen molar-refractivity contribution >= 4 is 11.8 Å². The van der Waals surface area contributed by atoms with Crippen LogP contribution in [0.1, 0.15) is 85.0 Å². The monoisotopic (exact) mass is 333 g/mol. The standard InChI is InChI=1S/C21H35NS/c1-14-8-7-9-16-15-10-11-17(22)18(19(15)23-21(14,16)3)20(2)12-5-4-6-13-20/h14-16,19H,4-13,22H2,1-3H3. The molecule has 1 nitrogen and oxygen atoms in total. The first-order valence-electron chi connectivity index (χ1n) is 10.1. The molecule has 0 bridgehead atoms. The fourth-order valence-corrected chi connectivity index (χ4v) is 9.01. The zero-order valence-electron chi connectivity index (χ0n) is 15.4. The minimum Gasteiger partial charge on any atom is -0.402 e. The molecular formula is C21H35NS. The number of rotatable bonds is 1. The van der Waals surface area contributed by atoms with Crippen molar-refractivity contribution in [3.05, 3.63) is 11.3 Å². The van der Waals surface area contributed by atoms with Crippen molar-refractivity contribution in [2.45, 2.75) is 95.0 Å². The molecule has 0 aromatic heterocycles. The first kappa shape index (κ1) is 16.4. The van der Waals surface area contributed by atoms with Crippen LogP contribution in [0, 0.1) is 23.2 Å². The Morgan fingerprint density at radius 2 is 1.74 bits per heavy atom. The zero-order chi connectivity index (χ0) is 16.2. The van der Waals surface area contributed by atoms with E-state index in [0.29, 0.717) is 10.2 Å². The van der Waals surface area contributed by atoms with Gasteiger partial charge in [-0.2, -0.15) is 0 Å². The molecule has 3 fully saturated rings. The molecule has 5 atom stereocenters.